The maximum absolute atomic E-state index is 10.5. The Morgan fingerprint density at radius 3 is 1.18 bits per heavy atom. The Bertz CT molecular complexity index is 214. The molecule has 0 aromatic rings. The van der Waals surface area contributed by atoms with Crippen LogP contribution in [0.4, 0.5) is 4.79 Å². The molecule has 0 aliphatic carbocycles. The molecule has 0 amide bonds. The van der Waals surface area contributed by atoms with E-state index in [0.717, 1.165) is 0 Å². The molecule has 0 radical (unpaired) electrons. The maximum Gasteiger partial charge on any atom is 0.515 e. The molecule has 0 aromatic carbocycles. The predicted molar refractivity (Wildman–Crippen MR) is 70.1 cm³/mol. The molecular formula is C7H10Cl6O4. The molecule has 0 heterocycles. The highest BCUT2D eigenvalue weighted by atomic mass is 35.6. The number of aliphatic hydroxyl groups is 1. The summed E-state index contributed by atoms with van der Waals surface area (Å²) >= 11 is 30.2. The minimum absolute atomic E-state index is 0.500. The van der Waals surface area contributed by atoms with Crippen molar-refractivity contribution in [2.75, 3.05) is 0 Å². The fourth-order valence-corrected chi connectivity index (χ4v) is 0.588. The number of carbonyl (C=O) groups is 1. The first kappa shape index (κ1) is 20.3. The Morgan fingerprint density at radius 1 is 0.882 bits per heavy atom. The highest BCUT2D eigenvalue weighted by molar-refractivity contribution is 6.67. The quantitative estimate of drug-likeness (QED) is 0.501. The second kappa shape index (κ2) is 7.53. The molecule has 0 unspecified atom stereocenters. The molecule has 0 aliphatic heterocycles. The van der Waals surface area contributed by atoms with Crippen LogP contribution in [0, 0.1) is 0 Å². The van der Waals surface area contributed by atoms with E-state index in [-0.39, 0.29) is 0 Å². The molecule has 104 valence electrons. The molecule has 0 atom stereocenters. The Morgan fingerprint density at radius 2 is 1.06 bits per heavy atom. The number of hydrogen-bond acceptors (Lipinski definition) is 4. The SMILES string of the molecule is CC(C)(C)O.O=C(OC(Cl)(Cl)Cl)OC(Cl)(Cl)Cl. The lowest BCUT2D eigenvalue weighted by atomic mass is 10.2. The van der Waals surface area contributed by atoms with Gasteiger partial charge < -0.3 is 14.6 Å². The normalized spacial score (nSPS) is 12.4. The molecule has 0 spiro atoms. The molecule has 0 fully saturated rings. The predicted octanol–water partition coefficient (Wildman–Crippen LogP) is 4.57. The lowest BCUT2D eigenvalue weighted by Gasteiger charge is -2.15. The van der Waals surface area contributed by atoms with Crippen LogP contribution in [0.5, 0.6) is 0 Å². The standard InChI is InChI=1S/C4H10O.C3Cl6O3/c1-4(2,3)5;4-2(5,6)11-1(10)12-3(7,8)9/h5H,1-3H3;. The highest BCUT2D eigenvalue weighted by Crippen LogP contribution is 2.32. The number of halogens is 6. The van der Waals surface area contributed by atoms with Crippen molar-refractivity contribution in [1.82, 2.24) is 0 Å². The molecule has 0 rings (SSSR count). The molecule has 1 N–H and O–H groups in total. The van der Waals surface area contributed by atoms with Crippen molar-refractivity contribution >= 4 is 75.8 Å². The Kier molecular flexibility index (Phi) is 8.99. The zero-order valence-electron chi connectivity index (χ0n) is 8.94. The Balaban J connectivity index is 0. The zero-order valence-corrected chi connectivity index (χ0v) is 13.5. The second-order valence-corrected chi connectivity index (χ2v) is 7.87. The van der Waals surface area contributed by atoms with Crippen LogP contribution in [0.1, 0.15) is 20.8 Å². The van der Waals surface area contributed by atoms with Gasteiger partial charge in [0.15, 0.2) is 0 Å². The molecule has 0 aromatic heterocycles. The zero-order chi connectivity index (χ0) is 14.5. The lowest BCUT2D eigenvalue weighted by molar-refractivity contribution is 0.0508. The fourth-order valence-electron chi connectivity index (χ4n) is 0.210. The van der Waals surface area contributed by atoms with Crippen molar-refractivity contribution in [2.24, 2.45) is 0 Å². The summed E-state index contributed by atoms with van der Waals surface area (Å²) in [7, 11) is 0. The van der Waals surface area contributed by atoms with Gasteiger partial charge >= 0.3 is 14.1 Å². The van der Waals surface area contributed by atoms with E-state index in [1.165, 1.54) is 0 Å². The highest BCUT2D eigenvalue weighted by Gasteiger charge is 2.32. The van der Waals surface area contributed by atoms with Gasteiger partial charge in [0, 0.05) is 0 Å². The van der Waals surface area contributed by atoms with Crippen molar-refractivity contribution in [3.05, 3.63) is 0 Å². The van der Waals surface area contributed by atoms with Gasteiger partial charge in [-0.3, -0.25) is 0 Å². The summed E-state index contributed by atoms with van der Waals surface area (Å²) < 4.78 is 3.50. The van der Waals surface area contributed by atoms with Crippen LogP contribution in [-0.4, -0.2) is 24.8 Å². The molecule has 10 heteroatoms. The summed E-state index contributed by atoms with van der Waals surface area (Å²) in [6.07, 6.45) is -1.41. The van der Waals surface area contributed by atoms with Crippen molar-refractivity contribution in [3.8, 4) is 0 Å². The summed E-state index contributed by atoms with van der Waals surface area (Å²) in [6.45, 7) is 5.23. The van der Waals surface area contributed by atoms with Crippen molar-refractivity contribution in [2.45, 2.75) is 34.3 Å². The maximum atomic E-state index is 10.5. The fraction of sp³-hybridized carbons (Fsp3) is 0.857. The van der Waals surface area contributed by atoms with Crippen LogP contribution in [-0.2, 0) is 9.47 Å². The van der Waals surface area contributed by atoms with E-state index in [0.29, 0.717) is 0 Å². The van der Waals surface area contributed by atoms with Crippen molar-refractivity contribution < 1.29 is 19.4 Å². The minimum Gasteiger partial charge on any atom is -0.391 e. The summed E-state index contributed by atoms with van der Waals surface area (Å²) in [5, 5.41) is 8.52. The number of hydrogen-bond donors (Lipinski definition) is 1. The second-order valence-electron chi connectivity index (χ2n) is 3.52. The number of alkyl halides is 6. The lowest BCUT2D eigenvalue weighted by Crippen LogP contribution is -2.22. The van der Waals surface area contributed by atoms with Gasteiger partial charge in [0.2, 0.25) is 0 Å². The van der Waals surface area contributed by atoms with Gasteiger partial charge in [0.05, 0.1) is 5.60 Å². The summed E-state index contributed by atoms with van der Waals surface area (Å²) in [5.74, 6) is 0. The molecule has 0 aliphatic rings. The topological polar surface area (TPSA) is 55.8 Å². The van der Waals surface area contributed by atoms with E-state index in [1.807, 2.05) is 0 Å². The smallest absolute Gasteiger partial charge is 0.391 e. The van der Waals surface area contributed by atoms with Gasteiger partial charge in [-0.1, -0.05) is 0 Å². The van der Waals surface area contributed by atoms with Crippen LogP contribution in [0.2, 0.25) is 0 Å². The number of carbonyl (C=O) groups excluding carboxylic acids is 1. The van der Waals surface area contributed by atoms with Gasteiger partial charge in [-0.05, 0) is 90.4 Å². The van der Waals surface area contributed by atoms with Gasteiger partial charge in [-0.15, -0.1) is 0 Å². The molecule has 17 heavy (non-hydrogen) atoms. The first-order valence-electron chi connectivity index (χ1n) is 3.88. The molecule has 0 bridgehead atoms. The van der Waals surface area contributed by atoms with Crippen LogP contribution < -0.4 is 0 Å². The summed E-state index contributed by atoms with van der Waals surface area (Å²) in [5.41, 5.74) is -0.500. The van der Waals surface area contributed by atoms with E-state index in [9.17, 15) is 4.79 Å². The molecule has 0 saturated carbocycles. The largest absolute Gasteiger partial charge is 0.515 e. The summed E-state index contributed by atoms with van der Waals surface area (Å²) in [6, 6.07) is 0. The van der Waals surface area contributed by atoms with Crippen molar-refractivity contribution in [3.63, 3.8) is 0 Å². The molecule has 4 nitrogen and oxygen atoms in total. The number of ether oxygens (including phenoxy) is 2. The average Bonchev–Trinajstić information content (AvgIpc) is 1.69. The molecule has 0 saturated heterocycles. The van der Waals surface area contributed by atoms with E-state index >= 15 is 0 Å². The Labute approximate surface area is 129 Å². The van der Waals surface area contributed by atoms with Crippen molar-refractivity contribution in [1.29, 1.82) is 0 Å². The first-order valence-corrected chi connectivity index (χ1v) is 6.15. The van der Waals surface area contributed by atoms with E-state index in [2.05, 4.69) is 9.47 Å². The minimum atomic E-state index is -2.24. The number of rotatable bonds is 0. The summed E-state index contributed by atoms with van der Waals surface area (Å²) in [4.78, 5) is 10.5. The van der Waals surface area contributed by atoms with E-state index in [4.69, 9.17) is 74.7 Å². The van der Waals surface area contributed by atoms with E-state index < -0.39 is 19.7 Å². The first-order chi connectivity index (χ1) is 7.10. The van der Waals surface area contributed by atoms with Gasteiger partial charge in [-0.25, -0.2) is 4.79 Å². The van der Waals surface area contributed by atoms with Crippen LogP contribution >= 0.6 is 69.6 Å². The van der Waals surface area contributed by atoms with Gasteiger partial charge in [0.25, 0.3) is 0 Å². The Hall–Kier alpha value is 0.970. The van der Waals surface area contributed by atoms with Crippen LogP contribution in [0.3, 0.4) is 0 Å². The van der Waals surface area contributed by atoms with Crippen LogP contribution in [0.15, 0.2) is 0 Å². The average molecular weight is 371 g/mol. The third kappa shape index (κ3) is 31.6. The van der Waals surface area contributed by atoms with Gasteiger partial charge in [0.1, 0.15) is 0 Å². The third-order valence-corrected chi connectivity index (χ3v) is 0.861. The monoisotopic (exact) mass is 368 g/mol. The van der Waals surface area contributed by atoms with E-state index in [1.54, 1.807) is 20.8 Å². The van der Waals surface area contributed by atoms with Gasteiger partial charge in [-0.2, -0.15) is 0 Å². The third-order valence-electron chi connectivity index (χ3n) is 0.398. The molecular weight excluding hydrogens is 361 g/mol. The van der Waals surface area contributed by atoms with Crippen LogP contribution in [0.25, 0.3) is 0 Å².